The van der Waals surface area contributed by atoms with Gasteiger partial charge in [0, 0.05) is 6.54 Å². The van der Waals surface area contributed by atoms with E-state index >= 15 is 0 Å². The monoisotopic (exact) mass is 497 g/mol. The zero-order valence-electron chi connectivity index (χ0n) is 20.9. The second-order valence-corrected chi connectivity index (χ2v) is 11.2. The van der Waals surface area contributed by atoms with E-state index in [0.717, 1.165) is 44.3 Å². The van der Waals surface area contributed by atoms with Gasteiger partial charge in [-0.1, -0.05) is 35.4 Å². The molecule has 2 aromatic rings. The third kappa shape index (κ3) is 6.91. The number of hydrogen-bond acceptors (Lipinski definition) is 5. The van der Waals surface area contributed by atoms with Crippen LogP contribution in [0.2, 0.25) is 0 Å². The van der Waals surface area contributed by atoms with Crippen molar-refractivity contribution in [2.75, 3.05) is 13.1 Å². The van der Waals surface area contributed by atoms with Crippen LogP contribution in [0.1, 0.15) is 47.1 Å². The van der Waals surface area contributed by atoms with Crippen LogP contribution in [0.5, 0.6) is 0 Å². The number of rotatable bonds is 4. The van der Waals surface area contributed by atoms with Crippen molar-refractivity contribution in [1.29, 1.82) is 5.26 Å². The summed E-state index contributed by atoms with van der Waals surface area (Å²) in [7, 11) is -4.02. The van der Waals surface area contributed by atoms with Crippen molar-refractivity contribution in [2.45, 2.75) is 70.4 Å². The average Bonchev–Trinajstić information content (AvgIpc) is 3.45. The summed E-state index contributed by atoms with van der Waals surface area (Å²) < 4.78 is 29.6. The summed E-state index contributed by atoms with van der Waals surface area (Å²) in [6, 6.07) is 12.4. The van der Waals surface area contributed by atoms with Gasteiger partial charge in [0.05, 0.1) is 17.0 Å². The van der Waals surface area contributed by atoms with Gasteiger partial charge in [-0.2, -0.15) is 13.7 Å². The van der Waals surface area contributed by atoms with Gasteiger partial charge in [0.25, 0.3) is 10.1 Å². The van der Waals surface area contributed by atoms with Gasteiger partial charge in [0.2, 0.25) is 5.91 Å². The SMILES string of the molecule is Cc1cc(C)c(C[C@@H]2CN[C@H](C(=O)N3CCC[C@H]3C#N)C2)c(C)c1.Cc1ccc(S(=O)(=O)O)cc1. The van der Waals surface area contributed by atoms with E-state index in [0.29, 0.717) is 5.92 Å². The molecule has 2 aliphatic heterocycles. The van der Waals surface area contributed by atoms with Crippen molar-refractivity contribution >= 4 is 16.0 Å². The van der Waals surface area contributed by atoms with Gasteiger partial charge in [0.1, 0.15) is 6.04 Å². The van der Waals surface area contributed by atoms with Crippen LogP contribution in [0.4, 0.5) is 0 Å². The minimum absolute atomic E-state index is 0.0666. The molecule has 2 heterocycles. The van der Waals surface area contributed by atoms with E-state index in [1.807, 2.05) is 6.92 Å². The molecule has 7 nitrogen and oxygen atoms in total. The number of carbonyl (C=O) groups excluding carboxylic acids is 1. The Labute approximate surface area is 208 Å². The molecule has 4 rings (SSSR count). The number of likely N-dealkylation sites (tertiary alicyclic amines) is 1. The number of benzene rings is 2. The predicted molar refractivity (Wildman–Crippen MR) is 136 cm³/mol. The van der Waals surface area contributed by atoms with Gasteiger partial charge >= 0.3 is 0 Å². The number of hydrogen-bond donors (Lipinski definition) is 2. The molecule has 0 saturated carbocycles. The summed E-state index contributed by atoms with van der Waals surface area (Å²) >= 11 is 0. The van der Waals surface area contributed by atoms with E-state index in [-0.39, 0.29) is 22.9 Å². The van der Waals surface area contributed by atoms with Crippen LogP contribution < -0.4 is 5.32 Å². The molecule has 2 saturated heterocycles. The summed E-state index contributed by atoms with van der Waals surface area (Å²) in [5, 5.41) is 12.6. The van der Waals surface area contributed by atoms with E-state index in [1.165, 1.54) is 34.4 Å². The summed E-state index contributed by atoms with van der Waals surface area (Å²) in [5.74, 6) is 0.612. The lowest BCUT2D eigenvalue weighted by molar-refractivity contribution is -0.133. The highest BCUT2D eigenvalue weighted by Crippen LogP contribution is 2.27. The number of amides is 1. The molecule has 2 aliphatic rings. The molecule has 0 spiro atoms. The maximum atomic E-state index is 12.7. The summed E-state index contributed by atoms with van der Waals surface area (Å²) in [6.07, 6.45) is 3.67. The Bertz CT molecular complexity index is 1180. The molecule has 1 amide bonds. The quantitative estimate of drug-likeness (QED) is 0.620. The first-order chi connectivity index (χ1) is 16.5. The molecule has 3 atom stereocenters. The van der Waals surface area contributed by atoms with Gasteiger partial charge in [-0.05, 0) is 94.7 Å². The van der Waals surface area contributed by atoms with E-state index in [4.69, 9.17) is 4.55 Å². The van der Waals surface area contributed by atoms with Crippen LogP contribution in [0.15, 0.2) is 41.3 Å². The number of carbonyl (C=O) groups is 1. The first-order valence-electron chi connectivity index (χ1n) is 12.0. The molecule has 0 bridgehead atoms. The van der Waals surface area contributed by atoms with E-state index in [2.05, 4.69) is 44.3 Å². The molecular weight excluding hydrogens is 462 g/mol. The van der Waals surface area contributed by atoms with Gasteiger partial charge < -0.3 is 10.2 Å². The molecule has 2 N–H and O–H groups in total. The Hall–Kier alpha value is -2.73. The lowest BCUT2D eigenvalue weighted by Gasteiger charge is -2.23. The average molecular weight is 498 g/mol. The zero-order valence-corrected chi connectivity index (χ0v) is 21.7. The van der Waals surface area contributed by atoms with Crippen molar-refractivity contribution in [2.24, 2.45) is 5.92 Å². The van der Waals surface area contributed by atoms with Crippen molar-refractivity contribution in [3.8, 4) is 6.07 Å². The molecular formula is C27H35N3O4S. The first-order valence-corrected chi connectivity index (χ1v) is 13.5. The minimum Gasteiger partial charge on any atom is -0.325 e. The maximum Gasteiger partial charge on any atom is 0.294 e. The Morgan fingerprint density at radius 2 is 1.74 bits per heavy atom. The fraction of sp³-hybridized carbons (Fsp3) is 0.481. The zero-order chi connectivity index (χ0) is 25.8. The molecule has 0 aromatic heterocycles. The van der Waals surface area contributed by atoms with E-state index in [1.54, 1.807) is 17.0 Å². The van der Waals surface area contributed by atoms with Crippen LogP contribution in [0.3, 0.4) is 0 Å². The van der Waals surface area contributed by atoms with Crippen molar-refractivity contribution in [3.63, 3.8) is 0 Å². The summed E-state index contributed by atoms with van der Waals surface area (Å²) in [6.45, 7) is 9.96. The van der Waals surface area contributed by atoms with Crippen LogP contribution >= 0.6 is 0 Å². The maximum absolute atomic E-state index is 12.7. The van der Waals surface area contributed by atoms with Crippen LogP contribution in [-0.2, 0) is 21.3 Å². The minimum atomic E-state index is -4.02. The Balaban J connectivity index is 0.000000261. The number of nitrogens with one attached hydrogen (secondary N) is 1. The fourth-order valence-corrected chi connectivity index (χ4v) is 5.53. The van der Waals surface area contributed by atoms with Crippen LogP contribution in [0.25, 0.3) is 0 Å². The molecule has 0 radical (unpaired) electrons. The normalized spacial score (nSPS) is 21.8. The third-order valence-corrected chi connectivity index (χ3v) is 7.72. The summed E-state index contributed by atoms with van der Waals surface area (Å²) in [4.78, 5) is 14.4. The van der Waals surface area contributed by atoms with Crippen molar-refractivity contribution < 1.29 is 17.8 Å². The molecule has 2 fully saturated rings. The lowest BCUT2D eigenvalue weighted by Crippen LogP contribution is -2.45. The van der Waals surface area contributed by atoms with Crippen molar-refractivity contribution in [3.05, 3.63) is 64.2 Å². The highest BCUT2D eigenvalue weighted by Gasteiger charge is 2.37. The predicted octanol–water partition coefficient (Wildman–Crippen LogP) is 3.89. The fourth-order valence-electron chi connectivity index (χ4n) is 5.05. The van der Waals surface area contributed by atoms with Gasteiger partial charge in [-0.3, -0.25) is 9.35 Å². The highest BCUT2D eigenvalue weighted by molar-refractivity contribution is 7.85. The second kappa shape index (κ2) is 11.3. The molecule has 35 heavy (non-hydrogen) atoms. The highest BCUT2D eigenvalue weighted by atomic mass is 32.2. The Morgan fingerprint density at radius 3 is 2.31 bits per heavy atom. The van der Waals surface area contributed by atoms with Crippen LogP contribution in [0, 0.1) is 44.9 Å². The van der Waals surface area contributed by atoms with Crippen molar-refractivity contribution in [1.82, 2.24) is 10.2 Å². The topological polar surface area (TPSA) is 111 Å². The van der Waals surface area contributed by atoms with Crippen LogP contribution in [-0.4, -0.2) is 49.0 Å². The molecule has 0 unspecified atom stereocenters. The van der Waals surface area contributed by atoms with Gasteiger partial charge in [0.15, 0.2) is 0 Å². The van der Waals surface area contributed by atoms with E-state index in [9.17, 15) is 18.5 Å². The second-order valence-electron chi connectivity index (χ2n) is 9.75. The largest absolute Gasteiger partial charge is 0.325 e. The Morgan fingerprint density at radius 1 is 1.11 bits per heavy atom. The molecule has 2 aromatic carbocycles. The van der Waals surface area contributed by atoms with Gasteiger partial charge in [-0.25, -0.2) is 0 Å². The van der Waals surface area contributed by atoms with E-state index < -0.39 is 10.1 Å². The number of nitrogens with zero attached hydrogens (tertiary/aromatic N) is 2. The van der Waals surface area contributed by atoms with Gasteiger partial charge in [-0.15, -0.1) is 0 Å². The summed E-state index contributed by atoms with van der Waals surface area (Å²) in [5.41, 5.74) is 6.40. The third-order valence-electron chi connectivity index (χ3n) is 6.86. The molecule has 188 valence electrons. The standard InChI is InChI=1S/C20H27N3O.C7H8O3S/c1-13-7-14(2)18(15(3)8-13)9-16-10-19(22-12-16)20(24)23-6-4-5-17(23)11-21;1-6-2-4-7(5-3-6)11(8,9)10/h7-8,16-17,19,22H,4-6,9-10,12H2,1-3H3;2-5H,1H3,(H,8,9,10)/t16-,17-,19-;/m0./s1. The first kappa shape index (κ1) is 26.9. The number of aryl methyl sites for hydroxylation is 4. The lowest BCUT2D eigenvalue weighted by atomic mass is 9.90. The molecule has 0 aliphatic carbocycles. The smallest absolute Gasteiger partial charge is 0.294 e. The Kier molecular flexibility index (Phi) is 8.70. The molecule has 8 heteroatoms. The number of nitriles is 1.